The second kappa shape index (κ2) is 4.87. The van der Waals surface area contributed by atoms with Crippen molar-refractivity contribution in [3.63, 3.8) is 0 Å². The lowest BCUT2D eigenvalue weighted by Crippen LogP contribution is -2.01. The zero-order valence-electron chi connectivity index (χ0n) is 8.41. The molecule has 1 atom stereocenters. The molecule has 0 bridgehead atoms. The number of ether oxygens (including phenoxy) is 2. The van der Waals surface area contributed by atoms with Crippen LogP contribution in [-0.4, -0.2) is 14.2 Å². The van der Waals surface area contributed by atoms with E-state index in [1.807, 2.05) is 24.3 Å². The molecule has 13 heavy (non-hydrogen) atoms. The number of benzene rings is 1. The highest BCUT2D eigenvalue weighted by molar-refractivity contribution is 5.34. The number of methoxy groups -OCH3 is 2. The zero-order valence-corrected chi connectivity index (χ0v) is 8.41. The molecule has 0 saturated carbocycles. The van der Waals surface area contributed by atoms with Gasteiger partial charge in [-0.2, -0.15) is 0 Å². The van der Waals surface area contributed by atoms with Crippen molar-refractivity contribution < 1.29 is 9.47 Å². The van der Waals surface area contributed by atoms with Crippen LogP contribution in [0, 0.1) is 0 Å². The van der Waals surface area contributed by atoms with Gasteiger partial charge in [-0.1, -0.05) is 25.1 Å². The van der Waals surface area contributed by atoms with Gasteiger partial charge in [-0.15, -0.1) is 0 Å². The summed E-state index contributed by atoms with van der Waals surface area (Å²) in [6, 6.07) is 7.96. The molecule has 0 radical (unpaired) electrons. The first-order chi connectivity index (χ1) is 6.33. The van der Waals surface area contributed by atoms with Crippen molar-refractivity contribution in [2.45, 2.75) is 19.4 Å². The van der Waals surface area contributed by atoms with Gasteiger partial charge in [0.15, 0.2) is 0 Å². The van der Waals surface area contributed by atoms with Crippen molar-refractivity contribution in [1.29, 1.82) is 0 Å². The molecule has 0 heterocycles. The third-order valence-electron chi connectivity index (χ3n) is 2.14. The van der Waals surface area contributed by atoms with E-state index in [-0.39, 0.29) is 6.10 Å². The molecule has 2 nitrogen and oxygen atoms in total. The fourth-order valence-electron chi connectivity index (χ4n) is 1.45. The minimum atomic E-state index is 0.135. The highest BCUT2D eigenvalue weighted by Gasteiger charge is 2.11. The van der Waals surface area contributed by atoms with Crippen LogP contribution < -0.4 is 4.74 Å². The summed E-state index contributed by atoms with van der Waals surface area (Å²) < 4.78 is 10.6. The largest absolute Gasteiger partial charge is 0.496 e. The molecule has 0 aromatic heterocycles. The minimum absolute atomic E-state index is 0.135. The summed E-state index contributed by atoms with van der Waals surface area (Å²) in [5.74, 6) is 0.899. The van der Waals surface area contributed by atoms with Crippen LogP contribution in [0.15, 0.2) is 24.3 Å². The van der Waals surface area contributed by atoms with Crippen LogP contribution in [0.3, 0.4) is 0 Å². The Kier molecular flexibility index (Phi) is 3.77. The molecular formula is C11H16O2. The molecule has 0 aliphatic heterocycles. The zero-order chi connectivity index (χ0) is 9.68. The molecule has 0 aliphatic rings. The fourth-order valence-corrected chi connectivity index (χ4v) is 1.45. The summed E-state index contributed by atoms with van der Waals surface area (Å²) >= 11 is 0. The normalized spacial score (nSPS) is 12.5. The van der Waals surface area contributed by atoms with Gasteiger partial charge in [0.25, 0.3) is 0 Å². The van der Waals surface area contributed by atoms with Crippen molar-refractivity contribution in [1.82, 2.24) is 0 Å². The lowest BCUT2D eigenvalue weighted by molar-refractivity contribution is 0.0976. The molecule has 0 saturated heterocycles. The van der Waals surface area contributed by atoms with Crippen molar-refractivity contribution in [2.75, 3.05) is 14.2 Å². The quantitative estimate of drug-likeness (QED) is 0.709. The first-order valence-electron chi connectivity index (χ1n) is 4.49. The Balaban J connectivity index is 2.96. The lowest BCUT2D eigenvalue weighted by Gasteiger charge is -2.16. The van der Waals surface area contributed by atoms with Gasteiger partial charge in [0.2, 0.25) is 0 Å². The topological polar surface area (TPSA) is 18.5 Å². The highest BCUT2D eigenvalue weighted by atomic mass is 16.5. The third kappa shape index (κ3) is 2.22. The average Bonchev–Trinajstić information content (AvgIpc) is 2.20. The summed E-state index contributed by atoms with van der Waals surface area (Å²) in [6.45, 7) is 2.10. The monoisotopic (exact) mass is 180 g/mol. The van der Waals surface area contributed by atoms with E-state index >= 15 is 0 Å². The van der Waals surface area contributed by atoms with Crippen molar-refractivity contribution in [3.8, 4) is 5.75 Å². The van der Waals surface area contributed by atoms with Gasteiger partial charge >= 0.3 is 0 Å². The number of hydrogen-bond donors (Lipinski definition) is 0. The molecular weight excluding hydrogens is 164 g/mol. The van der Waals surface area contributed by atoms with Gasteiger partial charge in [0, 0.05) is 12.7 Å². The van der Waals surface area contributed by atoms with Gasteiger partial charge < -0.3 is 9.47 Å². The number of para-hydroxylation sites is 1. The average molecular weight is 180 g/mol. The van der Waals surface area contributed by atoms with E-state index in [0.717, 1.165) is 17.7 Å². The van der Waals surface area contributed by atoms with Gasteiger partial charge in [0.1, 0.15) is 5.75 Å². The predicted octanol–water partition coefficient (Wildman–Crippen LogP) is 2.79. The van der Waals surface area contributed by atoms with Crippen LogP contribution >= 0.6 is 0 Å². The van der Waals surface area contributed by atoms with E-state index in [1.165, 1.54) is 0 Å². The van der Waals surface area contributed by atoms with Crippen molar-refractivity contribution >= 4 is 0 Å². The second-order valence-corrected chi connectivity index (χ2v) is 2.87. The maximum Gasteiger partial charge on any atom is 0.124 e. The van der Waals surface area contributed by atoms with Crippen LogP contribution in [0.1, 0.15) is 25.0 Å². The molecule has 2 heteroatoms. The van der Waals surface area contributed by atoms with Crippen LogP contribution in [0.25, 0.3) is 0 Å². The Morgan fingerprint density at radius 2 is 1.92 bits per heavy atom. The van der Waals surface area contributed by atoms with E-state index in [9.17, 15) is 0 Å². The Morgan fingerprint density at radius 3 is 2.46 bits per heavy atom. The van der Waals surface area contributed by atoms with Crippen molar-refractivity contribution in [3.05, 3.63) is 29.8 Å². The molecule has 1 aromatic rings. The van der Waals surface area contributed by atoms with Crippen LogP contribution in [0.2, 0.25) is 0 Å². The summed E-state index contributed by atoms with van der Waals surface area (Å²) in [7, 11) is 3.40. The molecule has 1 rings (SSSR count). The van der Waals surface area contributed by atoms with Crippen LogP contribution in [0.4, 0.5) is 0 Å². The Bertz CT molecular complexity index is 254. The Hall–Kier alpha value is -1.02. The van der Waals surface area contributed by atoms with E-state index in [4.69, 9.17) is 9.47 Å². The SMILES string of the molecule is CCC(OC)c1ccccc1OC. The lowest BCUT2D eigenvalue weighted by atomic mass is 10.1. The Morgan fingerprint density at radius 1 is 1.23 bits per heavy atom. The molecule has 1 aromatic carbocycles. The van der Waals surface area contributed by atoms with E-state index in [1.54, 1.807) is 14.2 Å². The second-order valence-electron chi connectivity index (χ2n) is 2.87. The van der Waals surface area contributed by atoms with Crippen LogP contribution in [0.5, 0.6) is 5.75 Å². The van der Waals surface area contributed by atoms with Crippen LogP contribution in [-0.2, 0) is 4.74 Å². The molecule has 0 amide bonds. The van der Waals surface area contributed by atoms with E-state index in [2.05, 4.69) is 6.92 Å². The van der Waals surface area contributed by atoms with Gasteiger partial charge in [0.05, 0.1) is 13.2 Å². The van der Waals surface area contributed by atoms with E-state index in [0.29, 0.717) is 0 Å². The van der Waals surface area contributed by atoms with Crippen molar-refractivity contribution in [2.24, 2.45) is 0 Å². The molecule has 72 valence electrons. The number of hydrogen-bond acceptors (Lipinski definition) is 2. The first kappa shape index (κ1) is 10.1. The summed E-state index contributed by atoms with van der Waals surface area (Å²) in [4.78, 5) is 0. The molecule has 0 N–H and O–H groups in total. The van der Waals surface area contributed by atoms with Gasteiger partial charge in [-0.05, 0) is 12.5 Å². The van der Waals surface area contributed by atoms with Gasteiger partial charge in [-0.3, -0.25) is 0 Å². The number of rotatable bonds is 4. The summed E-state index contributed by atoms with van der Waals surface area (Å²) in [5, 5.41) is 0. The molecule has 1 unspecified atom stereocenters. The third-order valence-corrected chi connectivity index (χ3v) is 2.14. The first-order valence-corrected chi connectivity index (χ1v) is 4.49. The standard InChI is InChI=1S/C11H16O2/c1-4-10(12-2)9-7-5-6-8-11(9)13-3/h5-8,10H,4H2,1-3H3. The highest BCUT2D eigenvalue weighted by Crippen LogP contribution is 2.28. The maximum atomic E-state index is 5.35. The Labute approximate surface area is 79.5 Å². The minimum Gasteiger partial charge on any atom is -0.496 e. The van der Waals surface area contributed by atoms with E-state index < -0.39 is 0 Å². The summed E-state index contributed by atoms with van der Waals surface area (Å²) in [6.07, 6.45) is 1.09. The fraction of sp³-hybridized carbons (Fsp3) is 0.455. The molecule has 0 fully saturated rings. The van der Waals surface area contributed by atoms with Gasteiger partial charge in [-0.25, -0.2) is 0 Å². The summed E-state index contributed by atoms with van der Waals surface area (Å²) in [5.41, 5.74) is 1.12. The maximum absolute atomic E-state index is 5.35. The predicted molar refractivity (Wildman–Crippen MR) is 53.0 cm³/mol. The smallest absolute Gasteiger partial charge is 0.124 e. The molecule has 0 aliphatic carbocycles. The molecule has 0 spiro atoms.